The minimum atomic E-state index is -3.90. The number of rotatable bonds is 4. The first-order chi connectivity index (χ1) is 9.36. The Morgan fingerprint density at radius 3 is 2.70 bits per heavy atom. The molecule has 0 atom stereocenters. The lowest BCUT2D eigenvalue weighted by atomic mass is 10.3. The quantitative estimate of drug-likeness (QED) is 0.883. The van der Waals surface area contributed by atoms with E-state index in [0.29, 0.717) is 18.1 Å². The van der Waals surface area contributed by atoms with Crippen molar-refractivity contribution in [2.24, 2.45) is 5.14 Å². The molecule has 1 aromatic carbocycles. The number of primary sulfonamides is 1. The highest BCUT2D eigenvalue weighted by atomic mass is 32.2. The molecule has 20 heavy (non-hydrogen) atoms. The third-order valence-corrected chi connectivity index (χ3v) is 3.47. The van der Waals surface area contributed by atoms with Crippen LogP contribution in [0.2, 0.25) is 0 Å². The molecule has 0 aliphatic rings. The minimum absolute atomic E-state index is 0.175. The average Bonchev–Trinajstić information content (AvgIpc) is 2.36. The molecule has 0 amide bonds. The Bertz CT molecular complexity index is 734. The van der Waals surface area contributed by atoms with E-state index >= 15 is 0 Å². The maximum Gasteiger partial charge on any atom is 0.238 e. The molecule has 0 aliphatic heterocycles. The normalized spacial score (nSPS) is 11.3. The number of nitrogens with one attached hydrogen (secondary N) is 1. The second-order valence-corrected chi connectivity index (χ2v) is 5.70. The van der Waals surface area contributed by atoms with Crippen molar-refractivity contribution in [2.45, 2.75) is 18.4 Å². The first-order valence-corrected chi connectivity index (χ1v) is 7.25. The molecule has 1 heterocycles. The van der Waals surface area contributed by atoms with Gasteiger partial charge in [0.1, 0.15) is 11.6 Å². The standard InChI is InChI=1S/C12H13FN4O2S/c1-8-15-5-4-9(17-8)7-16-12-3-2-10(6-11(12)13)20(14,18)19/h2-6,16H,7H2,1H3,(H2,14,18,19). The summed E-state index contributed by atoms with van der Waals surface area (Å²) in [5.41, 5.74) is 0.876. The summed E-state index contributed by atoms with van der Waals surface area (Å²) in [6, 6.07) is 5.15. The average molecular weight is 296 g/mol. The number of nitrogens with zero attached hydrogens (tertiary/aromatic N) is 2. The SMILES string of the molecule is Cc1nccc(CNc2ccc(S(N)(=O)=O)cc2F)n1. The smallest absolute Gasteiger partial charge is 0.238 e. The molecule has 6 nitrogen and oxygen atoms in total. The largest absolute Gasteiger partial charge is 0.377 e. The summed E-state index contributed by atoms with van der Waals surface area (Å²) in [6.07, 6.45) is 1.61. The van der Waals surface area contributed by atoms with Crippen molar-refractivity contribution >= 4 is 15.7 Å². The van der Waals surface area contributed by atoms with Crippen molar-refractivity contribution < 1.29 is 12.8 Å². The molecule has 0 unspecified atom stereocenters. The van der Waals surface area contributed by atoms with Crippen molar-refractivity contribution in [3.63, 3.8) is 0 Å². The lowest BCUT2D eigenvalue weighted by Crippen LogP contribution is -2.13. The fourth-order valence-electron chi connectivity index (χ4n) is 1.61. The summed E-state index contributed by atoms with van der Waals surface area (Å²) in [5.74, 6) is -0.0725. The van der Waals surface area contributed by atoms with Crippen LogP contribution in [0.15, 0.2) is 35.4 Å². The molecule has 3 N–H and O–H groups in total. The summed E-state index contributed by atoms with van der Waals surface area (Å²) < 4.78 is 35.9. The zero-order chi connectivity index (χ0) is 14.8. The molecule has 0 saturated carbocycles. The second-order valence-electron chi connectivity index (χ2n) is 4.14. The van der Waals surface area contributed by atoms with Crippen LogP contribution in [0, 0.1) is 12.7 Å². The third-order valence-electron chi connectivity index (χ3n) is 2.56. The highest BCUT2D eigenvalue weighted by molar-refractivity contribution is 7.89. The number of hydrogen-bond acceptors (Lipinski definition) is 5. The Balaban J connectivity index is 2.15. The zero-order valence-corrected chi connectivity index (χ0v) is 11.5. The van der Waals surface area contributed by atoms with E-state index < -0.39 is 15.8 Å². The molecule has 2 rings (SSSR count). The molecule has 0 saturated heterocycles. The van der Waals surface area contributed by atoms with Gasteiger partial charge in [-0.2, -0.15) is 0 Å². The van der Waals surface area contributed by atoms with E-state index in [1.807, 2.05) is 0 Å². The molecule has 0 radical (unpaired) electrons. The maximum atomic E-state index is 13.7. The van der Waals surface area contributed by atoms with E-state index in [0.717, 1.165) is 6.07 Å². The van der Waals surface area contributed by atoms with Crippen LogP contribution >= 0.6 is 0 Å². The fraction of sp³-hybridized carbons (Fsp3) is 0.167. The van der Waals surface area contributed by atoms with Crippen molar-refractivity contribution in [3.05, 3.63) is 47.8 Å². The summed E-state index contributed by atoms with van der Waals surface area (Å²) in [7, 11) is -3.90. The Morgan fingerprint density at radius 1 is 1.35 bits per heavy atom. The summed E-state index contributed by atoms with van der Waals surface area (Å²) in [6.45, 7) is 2.06. The molecule has 106 valence electrons. The van der Waals surface area contributed by atoms with Crippen molar-refractivity contribution in [2.75, 3.05) is 5.32 Å². The van der Waals surface area contributed by atoms with Gasteiger partial charge in [-0.3, -0.25) is 0 Å². The summed E-state index contributed by atoms with van der Waals surface area (Å²) >= 11 is 0. The molecule has 2 aromatic rings. The van der Waals surface area contributed by atoms with E-state index in [9.17, 15) is 12.8 Å². The molecule has 1 aromatic heterocycles. The molecule has 0 fully saturated rings. The fourth-order valence-corrected chi connectivity index (χ4v) is 2.13. The molecule has 0 bridgehead atoms. The first-order valence-electron chi connectivity index (χ1n) is 5.71. The predicted molar refractivity (Wildman–Crippen MR) is 71.9 cm³/mol. The van der Waals surface area contributed by atoms with Crippen LogP contribution in [-0.4, -0.2) is 18.4 Å². The number of anilines is 1. The number of sulfonamides is 1. The van der Waals surface area contributed by atoms with Gasteiger partial charge in [0.05, 0.1) is 22.8 Å². The van der Waals surface area contributed by atoms with Crippen LogP contribution in [0.25, 0.3) is 0 Å². The predicted octanol–water partition coefficient (Wildman–Crippen LogP) is 1.18. The van der Waals surface area contributed by atoms with Gasteiger partial charge in [0, 0.05) is 6.20 Å². The van der Waals surface area contributed by atoms with Gasteiger partial charge in [-0.15, -0.1) is 0 Å². The highest BCUT2D eigenvalue weighted by Crippen LogP contribution is 2.18. The lowest BCUT2D eigenvalue weighted by Gasteiger charge is -2.08. The third kappa shape index (κ3) is 3.49. The molecular formula is C12H13FN4O2S. The van der Waals surface area contributed by atoms with Crippen LogP contribution in [0.3, 0.4) is 0 Å². The zero-order valence-electron chi connectivity index (χ0n) is 10.7. The van der Waals surface area contributed by atoms with E-state index in [1.165, 1.54) is 12.1 Å². The Morgan fingerprint density at radius 2 is 2.10 bits per heavy atom. The van der Waals surface area contributed by atoms with Gasteiger partial charge in [-0.1, -0.05) is 0 Å². The Kier molecular flexibility index (Phi) is 3.96. The van der Waals surface area contributed by atoms with Crippen LogP contribution < -0.4 is 10.5 Å². The van der Waals surface area contributed by atoms with E-state index in [1.54, 1.807) is 19.2 Å². The lowest BCUT2D eigenvalue weighted by molar-refractivity contribution is 0.593. The molecule has 0 aliphatic carbocycles. The number of halogens is 1. The topological polar surface area (TPSA) is 98.0 Å². The van der Waals surface area contributed by atoms with Crippen molar-refractivity contribution in [3.8, 4) is 0 Å². The van der Waals surface area contributed by atoms with Crippen LogP contribution in [0.5, 0.6) is 0 Å². The van der Waals surface area contributed by atoms with Crippen LogP contribution in [0.4, 0.5) is 10.1 Å². The summed E-state index contributed by atoms with van der Waals surface area (Å²) in [5, 5.41) is 7.76. The van der Waals surface area contributed by atoms with E-state index in [2.05, 4.69) is 15.3 Å². The molecule has 8 heteroatoms. The molecular weight excluding hydrogens is 283 g/mol. The number of aromatic nitrogens is 2. The molecule has 0 spiro atoms. The summed E-state index contributed by atoms with van der Waals surface area (Å²) in [4.78, 5) is 7.85. The van der Waals surface area contributed by atoms with Crippen molar-refractivity contribution in [1.82, 2.24) is 9.97 Å². The van der Waals surface area contributed by atoms with Gasteiger partial charge in [0.25, 0.3) is 0 Å². The van der Waals surface area contributed by atoms with Gasteiger partial charge in [-0.25, -0.2) is 27.9 Å². The highest BCUT2D eigenvalue weighted by Gasteiger charge is 2.11. The monoisotopic (exact) mass is 296 g/mol. The van der Waals surface area contributed by atoms with Crippen molar-refractivity contribution in [1.29, 1.82) is 0 Å². The number of hydrogen-bond donors (Lipinski definition) is 2. The Labute approximate surface area is 115 Å². The van der Waals surface area contributed by atoms with E-state index in [4.69, 9.17) is 5.14 Å². The first kappa shape index (κ1) is 14.4. The van der Waals surface area contributed by atoms with Gasteiger partial charge < -0.3 is 5.32 Å². The number of benzene rings is 1. The van der Waals surface area contributed by atoms with E-state index in [-0.39, 0.29) is 10.6 Å². The minimum Gasteiger partial charge on any atom is -0.377 e. The Hall–Kier alpha value is -2.06. The van der Waals surface area contributed by atoms with Crippen LogP contribution in [-0.2, 0) is 16.6 Å². The van der Waals surface area contributed by atoms with Gasteiger partial charge in [0.15, 0.2) is 0 Å². The van der Waals surface area contributed by atoms with Gasteiger partial charge in [0.2, 0.25) is 10.0 Å². The van der Waals surface area contributed by atoms with Gasteiger partial charge >= 0.3 is 0 Å². The van der Waals surface area contributed by atoms with Gasteiger partial charge in [-0.05, 0) is 31.2 Å². The van der Waals surface area contributed by atoms with Crippen LogP contribution in [0.1, 0.15) is 11.5 Å². The maximum absolute atomic E-state index is 13.7. The number of aryl methyl sites for hydroxylation is 1. The second kappa shape index (κ2) is 5.51. The number of nitrogens with two attached hydrogens (primary N) is 1.